The molecule has 32 heavy (non-hydrogen) atoms. The third-order valence-electron chi connectivity index (χ3n) is 4.79. The Kier molecular flexibility index (Phi) is 6.93. The molecule has 2 aromatic carbocycles. The number of carbonyl (C=O) groups is 2. The molecule has 1 aliphatic heterocycles. The van der Waals surface area contributed by atoms with E-state index in [4.69, 9.17) is 9.88 Å². The van der Waals surface area contributed by atoms with Gasteiger partial charge in [0.25, 0.3) is 5.91 Å². The summed E-state index contributed by atoms with van der Waals surface area (Å²) in [6, 6.07) is 10.3. The van der Waals surface area contributed by atoms with Crippen LogP contribution in [0, 0.1) is 5.82 Å². The Morgan fingerprint density at radius 3 is 2.16 bits per heavy atom. The third-order valence-corrected chi connectivity index (χ3v) is 7.61. The zero-order valence-corrected chi connectivity index (χ0v) is 18.3. The number of hydrogen-bond acceptors (Lipinski definition) is 7. The number of sulfonamides is 2. The number of nitrogens with two attached hydrogens (primary N) is 1. The van der Waals surface area contributed by atoms with Gasteiger partial charge in [0, 0.05) is 26.2 Å². The molecular formula is C19H20FN3O7S2. The van der Waals surface area contributed by atoms with Crippen molar-refractivity contribution in [1.82, 2.24) is 9.21 Å². The van der Waals surface area contributed by atoms with Crippen LogP contribution in [0.3, 0.4) is 0 Å². The van der Waals surface area contributed by atoms with Crippen LogP contribution in [0.1, 0.15) is 10.4 Å². The van der Waals surface area contributed by atoms with Gasteiger partial charge in [-0.15, -0.1) is 0 Å². The van der Waals surface area contributed by atoms with Gasteiger partial charge < -0.3 is 9.64 Å². The van der Waals surface area contributed by atoms with Crippen molar-refractivity contribution in [3.63, 3.8) is 0 Å². The van der Waals surface area contributed by atoms with Crippen molar-refractivity contribution in [2.75, 3.05) is 32.8 Å². The molecule has 0 unspecified atom stereocenters. The zero-order chi connectivity index (χ0) is 23.5. The lowest BCUT2D eigenvalue weighted by Crippen LogP contribution is -2.51. The number of hydrogen-bond donors (Lipinski definition) is 1. The van der Waals surface area contributed by atoms with Crippen molar-refractivity contribution in [2.45, 2.75) is 9.79 Å². The Morgan fingerprint density at radius 2 is 1.56 bits per heavy atom. The van der Waals surface area contributed by atoms with Crippen molar-refractivity contribution in [3.8, 4) is 0 Å². The van der Waals surface area contributed by atoms with Gasteiger partial charge in [-0.05, 0) is 30.3 Å². The van der Waals surface area contributed by atoms with E-state index in [1.807, 2.05) is 0 Å². The number of rotatable bonds is 6. The normalized spacial score (nSPS) is 15.4. The van der Waals surface area contributed by atoms with Crippen molar-refractivity contribution in [2.24, 2.45) is 5.14 Å². The van der Waals surface area contributed by atoms with E-state index >= 15 is 0 Å². The first-order valence-electron chi connectivity index (χ1n) is 9.32. The second kappa shape index (κ2) is 9.32. The first kappa shape index (κ1) is 23.8. The molecule has 1 heterocycles. The molecule has 10 nitrogen and oxygen atoms in total. The van der Waals surface area contributed by atoms with Gasteiger partial charge in [0.05, 0.1) is 15.4 Å². The van der Waals surface area contributed by atoms with E-state index in [1.165, 1.54) is 21.3 Å². The van der Waals surface area contributed by atoms with Crippen LogP contribution >= 0.6 is 0 Å². The van der Waals surface area contributed by atoms with Gasteiger partial charge in [-0.25, -0.2) is 31.2 Å². The van der Waals surface area contributed by atoms with E-state index in [0.29, 0.717) is 0 Å². The lowest BCUT2D eigenvalue weighted by Gasteiger charge is -2.33. The Labute approximate surface area is 184 Å². The topological polar surface area (TPSA) is 144 Å². The highest BCUT2D eigenvalue weighted by molar-refractivity contribution is 7.89. The quantitative estimate of drug-likeness (QED) is 0.574. The molecule has 2 aromatic rings. The summed E-state index contributed by atoms with van der Waals surface area (Å²) >= 11 is 0. The average Bonchev–Trinajstić information content (AvgIpc) is 2.77. The van der Waals surface area contributed by atoms with Crippen LogP contribution in [-0.4, -0.2) is 70.7 Å². The van der Waals surface area contributed by atoms with Crippen molar-refractivity contribution >= 4 is 31.9 Å². The highest BCUT2D eigenvalue weighted by Crippen LogP contribution is 2.18. The number of benzene rings is 2. The second-order valence-corrected chi connectivity index (χ2v) is 10.4. The van der Waals surface area contributed by atoms with Crippen LogP contribution in [0.25, 0.3) is 0 Å². The Morgan fingerprint density at radius 1 is 0.938 bits per heavy atom. The van der Waals surface area contributed by atoms with Crippen LogP contribution in [0.15, 0.2) is 58.3 Å². The predicted octanol–water partition coefficient (Wildman–Crippen LogP) is 0.163. The second-order valence-electron chi connectivity index (χ2n) is 6.86. The summed E-state index contributed by atoms with van der Waals surface area (Å²) in [5.41, 5.74) is -0.678. The van der Waals surface area contributed by atoms with E-state index in [9.17, 15) is 30.8 Å². The van der Waals surface area contributed by atoms with E-state index in [2.05, 4.69) is 0 Å². The molecule has 1 amide bonds. The summed E-state index contributed by atoms with van der Waals surface area (Å²) in [5.74, 6) is -2.86. The number of primary sulfonamides is 1. The van der Waals surface area contributed by atoms with E-state index in [-0.39, 0.29) is 31.1 Å². The fourth-order valence-corrected chi connectivity index (χ4v) is 5.04. The molecule has 172 valence electrons. The Hall–Kier alpha value is -2.87. The monoisotopic (exact) mass is 485 g/mol. The van der Waals surface area contributed by atoms with Crippen LogP contribution < -0.4 is 5.14 Å². The molecule has 1 fully saturated rings. The maximum atomic E-state index is 13.9. The molecule has 1 aliphatic rings. The minimum Gasteiger partial charge on any atom is -0.452 e. The highest BCUT2D eigenvalue weighted by atomic mass is 32.2. The number of carbonyl (C=O) groups excluding carboxylic acids is 2. The number of ether oxygens (including phenoxy) is 1. The third kappa shape index (κ3) is 5.30. The zero-order valence-electron chi connectivity index (χ0n) is 16.7. The molecule has 0 bridgehead atoms. The number of nitrogens with zero attached hydrogens (tertiary/aromatic N) is 2. The minimum absolute atomic E-state index is 0.0575. The van der Waals surface area contributed by atoms with Gasteiger partial charge in [-0.2, -0.15) is 4.31 Å². The SMILES string of the molecule is NS(=O)(=O)c1ccc(F)c(C(=O)OCC(=O)N2CCN(S(=O)(=O)c3ccccc3)CC2)c1. The number of amides is 1. The summed E-state index contributed by atoms with van der Waals surface area (Å²) in [4.78, 5) is 25.5. The first-order valence-corrected chi connectivity index (χ1v) is 12.3. The molecule has 0 radical (unpaired) electrons. The maximum Gasteiger partial charge on any atom is 0.341 e. The van der Waals surface area contributed by atoms with Gasteiger partial charge >= 0.3 is 5.97 Å². The largest absolute Gasteiger partial charge is 0.452 e. The molecule has 0 aromatic heterocycles. The number of halogens is 1. The van der Waals surface area contributed by atoms with Crippen LogP contribution in [0.2, 0.25) is 0 Å². The van der Waals surface area contributed by atoms with Gasteiger partial charge in [-0.3, -0.25) is 4.79 Å². The van der Waals surface area contributed by atoms with E-state index < -0.39 is 54.8 Å². The van der Waals surface area contributed by atoms with Crippen LogP contribution in [0.4, 0.5) is 4.39 Å². The lowest BCUT2D eigenvalue weighted by atomic mass is 10.2. The fraction of sp³-hybridized carbons (Fsp3) is 0.263. The molecule has 1 saturated heterocycles. The predicted molar refractivity (Wildman–Crippen MR) is 110 cm³/mol. The summed E-state index contributed by atoms with van der Waals surface area (Å²) in [7, 11) is -7.85. The maximum absolute atomic E-state index is 13.9. The summed E-state index contributed by atoms with van der Waals surface area (Å²) in [6.07, 6.45) is 0. The standard InChI is InChI=1S/C19H20FN3O7S2/c20-17-7-6-15(31(21,26)27)12-16(17)19(25)30-13-18(24)22-8-10-23(11-9-22)32(28,29)14-4-2-1-3-5-14/h1-7,12H,8-11,13H2,(H2,21,26,27). The number of esters is 1. The highest BCUT2D eigenvalue weighted by Gasteiger charge is 2.30. The van der Waals surface area contributed by atoms with Gasteiger partial charge in [0.1, 0.15) is 5.82 Å². The molecule has 0 spiro atoms. The van der Waals surface area contributed by atoms with Crippen molar-refractivity contribution < 1.29 is 35.6 Å². The summed E-state index contributed by atoms with van der Waals surface area (Å²) in [5, 5.41) is 4.96. The molecule has 0 atom stereocenters. The van der Waals surface area contributed by atoms with Crippen molar-refractivity contribution in [1.29, 1.82) is 0 Å². The fourth-order valence-electron chi connectivity index (χ4n) is 3.05. The molecule has 2 N–H and O–H groups in total. The van der Waals surface area contributed by atoms with E-state index in [1.54, 1.807) is 18.2 Å². The molecule has 0 saturated carbocycles. The Balaban J connectivity index is 1.58. The molecule has 13 heteroatoms. The summed E-state index contributed by atoms with van der Waals surface area (Å²) < 4.78 is 68.0. The Bertz CT molecular complexity index is 1230. The van der Waals surface area contributed by atoms with Gasteiger partial charge in [0.2, 0.25) is 20.0 Å². The van der Waals surface area contributed by atoms with Gasteiger partial charge in [-0.1, -0.05) is 18.2 Å². The summed E-state index contributed by atoms with van der Waals surface area (Å²) in [6.45, 7) is -0.442. The van der Waals surface area contributed by atoms with Gasteiger partial charge in [0.15, 0.2) is 6.61 Å². The first-order chi connectivity index (χ1) is 15.0. The smallest absolute Gasteiger partial charge is 0.341 e. The van der Waals surface area contributed by atoms with Crippen LogP contribution in [0.5, 0.6) is 0 Å². The van der Waals surface area contributed by atoms with E-state index in [0.717, 1.165) is 18.2 Å². The lowest BCUT2D eigenvalue weighted by molar-refractivity contribution is -0.135. The molecule has 3 rings (SSSR count). The van der Waals surface area contributed by atoms with Crippen LogP contribution in [-0.2, 0) is 29.6 Å². The molecular weight excluding hydrogens is 465 g/mol. The molecule has 0 aliphatic carbocycles. The average molecular weight is 486 g/mol. The number of piperazine rings is 1. The van der Waals surface area contributed by atoms with Crippen molar-refractivity contribution in [3.05, 3.63) is 59.9 Å². The minimum atomic E-state index is -4.16.